The summed E-state index contributed by atoms with van der Waals surface area (Å²) in [5, 5.41) is 13.8. The lowest BCUT2D eigenvalue weighted by atomic mass is 10.2. The van der Waals surface area contributed by atoms with E-state index in [0.717, 1.165) is 6.54 Å². The molecule has 0 saturated heterocycles. The first kappa shape index (κ1) is 13.6. The molecule has 0 atom stereocenters. The lowest BCUT2D eigenvalue weighted by molar-refractivity contribution is -0.384. The number of hydrogen-bond acceptors (Lipinski definition) is 5. The summed E-state index contributed by atoms with van der Waals surface area (Å²) in [7, 11) is 0. The molecular weight excluding hydrogens is 238 g/mol. The number of hydrogen-bond donors (Lipinski definition) is 2. The second-order valence-corrected chi connectivity index (χ2v) is 5.90. The number of thioether (sulfide) groups is 1. The molecule has 0 heterocycles. The van der Waals surface area contributed by atoms with Crippen molar-refractivity contribution in [3.05, 3.63) is 28.3 Å². The second kappa shape index (κ2) is 5.27. The molecule has 0 amide bonds. The summed E-state index contributed by atoms with van der Waals surface area (Å²) in [6, 6.07) is 4.54. The molecule has 1 aromatic carbocycles. The van der Waals surface area contributed by atoms with Crippen LogP contribution in [0.2, 0.25) is 0 Å². The standard InChI is InChI=1S/C11H17N3O2S/c1-11(2,17-3)7-13-9-4-8(12)5-10(6-9)14(15)16/h4-6,13H,7,12H2,1-3H3. The molecule has 0 unspecified atom stereocenters. The molecular formula is C11H17N3O2S. The molecule has 0 spiro atoms. The number of nitrogens with one attached hydrogen (secondary N) is 1. The van der Waals surface area contributed by atoms with Gasteiger partial charge in [0.15, 0.2) is 0 Å². The van der Waals surface area contributed by atoms with Crippen LogP contribution >= 0.6 is 11.8 Å². The van der Waals surface area contributed by atoms with E-state index < -0.39 is 4.92 Å². The van der Waals surface area contributed by atoms with E-state index in [1.807, 2.05) is 6.26 Å². The molecule has 94 valence electrons. The molecule has 0 saturated carbocycles. The van der Waals surface area contributed by atoms with Gasteiger partial charge in [0.2, 0.25) is 0 Å². The maximum Gasteiger partial charge on any atom is 0.273 e. The van der Waals surface area contributed by atoms with Crippen LogP contribution in [0.1, 0.15) is 13.8 Å². The van der Waals surface area contributed by atoms with Gasteiger partial charge in [-0.2, -0.15) is 11.8 Å². The van der Waals surface area contributed by atoms with E-state index in [0.29, 0.717) is 11.4 Å². The van der Waals surface area contributed by atoms with Gasteiger partial charge in [0.25, 0.3) is 5.69 Å². The average Bonchev–Trinajstić information content (AvgIpc) is 2.26. The zero-order valence-corrected chi connectivity index (χ0v) is 11.0. The Bertz CT molecular complexity index is 421. The summed E-state index contributed by atoms with van der Waals surface area (Å²) in [4.78, 5) is 10.2. The van der Waals surface area contributed by atoms with Gasteiger partial charge in [-0.25, -0.2) is 0 Å². The number of nitro benzene ring substituents is 1. The molecule has 17 heavy (non-hydrogen) atoms. The molecule has 0 fully saturated rings. The first-order valence-electron chi connectivity index (χ1n) is 5.18. The van der Waals surface area contributed by atoms with Crippen LogP contribution < -0.4 is 11.1 Å². The minimum atomic E-state index is -0.443. The predicted molar refractivity (Wildman–Crippen MR) is 73.6 cm³/mol. The summed E-state index contributed by atoms with van der Waals surface area (Å²) in [5.41, 5.74) is 6.70. The predicted octanol–water partition coefficient (Wildman–Crippen LogP) is 2.73. The van der Waals surface area contributed by atoms with Crippen molar-refractivity contribution in [2.24, 2.45) is 0 Å². The SMILES string of the molecule is CSC(C)(C)CNc1cc(N)cc([N+](=O)[O-])c1. The van der Waals surface area contributed by atoms with Crippen molar-refractivity contribution in [2.45, 2.75) is 18.6 Å². The highest BCUT2D eigenvalue weighted by Gasteiger charge is 2.16. The lowest BCUT2D eigenvalue weighted by Gasteiger charge is -2.22. The fourth-order valence-electron chi connectivity index (χ4n) is 1.23. The van der Waals surface area contributed by atoms with Gasteiger partial charge in [0.05, 0.1) is 4.92 Å². The van der Waals surface area contributed by atoms with Gasteiger partial charge < -0.3 is 11.1 Å². The summed E-state index contributed by atoms with van der Waals surface area (Å²) < 4.78 is 0.0688. The van der Waals surface area contributed by atoms with E-state index in [9.17, 15) is 10.1 Å². The van der Waals surface area contributed by atoms with Crippen LogP contribution in [0.5, 0.6) is 0 Å². The van der Waals surface area contributed by atoms with Crippen molar-refractivity contribution in [1.29, 1.82) is 0 Å². The Morgan fingerprint density at radius 2 is 2.12 bits per heavy atom. The quantitative estimate of drug-likeness (QED) is 0.480. The molecule has 0 aliphatic rings. The summed E-state index contributed by atoms with van der Waals surface area (Å²) >= 11 is 1.73. The van der Waals surface area contributed by atoms with E-state index in [4.69, 9.17) is 5.73 Å². The highest BCUT2D eigenvalue weighted by molar-refractivity contribution is 7.99. The average molecular weight is 255 g/mol. The van der Waals surface area contributed by atoms with Crippen LogP contribution in [-0.4, -0.2) is 22.5 Å². The fourth-order valence-corrected chi connectivity index (χ4v) is 1.45. The second-order valence-electron chi connectivity index (χ2n) is 4.39. The van der Waals surface area contributed by atoms with Crippen LogP contribution in [0, 0.1) is 10.1 Å². The van der Waals surface area contributed by atoms with Gasteiger partial charge in [-0.05, 0) is 26.2 Å². The molecule has 0 radical (unpaired) electrons. The molecule has 5 nitrogen and oxygen atoms in total. The Kier molecular flexibility index (Phi) is 4.22. The number of rotatable bonds is 5. The van der Waals surface area contributed by atoms with Gasteiger partial charge in [0, 0.05) is 34.8 Å². The molecule has 1 rings (SSSR count). The Morgan fingerprint density at radius 3 is 2.65 bits per heavy atom. The minimum Gasteiger partial charge on any atom is -0.398 e. The Morgan fingerprint density at radius 1 is 1.47 bits per heavy atom. The van der Waals surface area contributed by atoms with E-state index >= 15 is 0 Å². The number of nitrogen functional groups attached to an aromatic ring is 1. The number of nitro groups is 1. The zero-order chi connectivity index (χ0) is 13.1. The van der Waals surface area contributed by atoms with Crippen molar-refractivity contribution in [2.75, 3.05) is 23.9 Å². The number of non-ortho nitro benzene ring substituents is 1. The third-order valence-electron chi connectivity index (χ3n) is 2.42. The topological polar surface area (TPSA) is 81.2 Å². The largest absolute Gasteiger partial charge is 0.398 e. The lowest BCUT2D eigenvalue weighted by Crippen LogP contribution is -2.25. The van der Waals surface area contributed by atoms with Gasteiger partial charge in [-0.1, -0.05) is 0 Å². The summed E-state index contributed by atoms with van der Waals surface area (Å²) in [5.74, 6) is 0. The molecule has 3 N–H and O–H groups in total. The minimum absolute atomic E-state index is 0.00876. The monoisotopic (exact) mass is 255 g/mol. The van der Waals surface area contributed by atoms with Crippen molar-refractivity contribution in [1.82, 2.24) is 0 Å². The molecule has 0 aliphatic carbocycles. The van der Waals surface area contributed by atoms with E-state index in [1.165, 1.54) is 12.1 Å². The third-order valence-corrected chi connectivity index (χ3v) is 3.67. The molecule has 0 aliphatic heterocycles. The van der Waals surface area contributed by atoms with Gasteiger partial charge in [-0.15, -0.1) is 0 Å². The first-order valence-corrected chi connectivity index (χ1v) is 6.40. The smallest absolute Gasteiger partial charge is 0.273 e. The normalized spacial score (nSPS) is 11.2. The summed E-state index contributed by atoms with van der Waals surface area (Å²) in [6.45, 7) is 4.92. The van der Waals surface area contributed by atoms with Crippen molar-refractivity contribution < 1.29 is 4.92 Å². The van der Waals surface area contributed by atoms with Crippen LogP contribution in [0.15, 0.2) is 18.2 Å². The fraction of sp³-hybridized carbons (Fsp3) is 0.455. The number of anilines is 2. The van der Waals surface area contributed by atoms with E-state index in [1.54, 1.807) is 17.8 Å². The van der Waals surface area contributed by atoms with Gasteiger partial charge in [-0.3, -0.25) is 10.1 Å². The van der Waals surface area contributed by atoms with E-state index in [-0.39, 0.29) is 10.4 Å². The highest BCUT2D eigenvalue weighted by atomic mass is 32.2. The number of benzene rings is 1. The van der Waals surface area contributed by atoms with Crippen LogP contribution in [0.4, 0.5) is 17.1 Å². The number of nitrogens with two attached hydrogens (primary N) is 1. The maximum absolute atomic E-state index is 10.7. The number of nitrogens with zero attached hydrogens (tertiary/aromatic N) is 1. The van der Waals surface area contributed by atoms with Crippen molar-refractivity contribution in [3.8, 4) is 0 Å². The van der Waals surface area contributed by atoms with E-state index in [2.05, 4.69) is 19.2 Å². The molecule has 1 aromatic rings. The van der Waals surface area contributed by atoms with Gasteiger partial charge >= 0.3 is 0 Å². The molecule has 0 bridgehead atoms. The Balaban J connectivity index is 2.81. The Labute approximate surface area is 105 Å². The zero-order valence-electron chi connectivity index (χ0n) is 10.2. The van der Waals surface area contributed by atoms with Crippen LogP contribution in [0.3, 0.4) is 0 Å². The van der Waals surface area contributed by atoms with Crippen LogP contribution in [0.25, 0.3) is 0 Å². The Hall–Kier alpha value is -1.43. The first-order chi connectivity index (χ1) is 7.84. The summed E-state index contributed by atoms with van der Waals surface area (Å²) in [6.07, 6.45) is 2.03. The van der Waals surface area contributed by atoms with Crippen molar-refractivity contribution >= 4 is 28.8 Å². The third kappa shape index (κ3) is 4.14. The maximum atomic E-state index is 10.7. The van der Waals surface area contributed by atoms with Gasteiger partial charge in [0.1, 0.15) is 0 Å². The highest BCUT2D eigenvalue weighted by Crippen LogP contribution is 2.25. The van der Waals surface area contributed by atoms with Crippen molar-refractivity contribution in [3.63, 3.8) is 0 Å². The van der Waals surface area contributed by atoms with Crippen LogP contribution in [-0.2, 0) is 0 Å². The molecule has 6 heteroatoms. The molecule has 0 aromatic heterocycles.